The minimum atomic E-state index is 0.342. The smallest absolute Gasteiger partial charge is 0.0333 e. The molecule has 1 spiro atoms. The first-order chi connectivity index (χ1) is 9.18. The molecule has 0 bridgehead atoms. The lowest BCUT2D eigenvalue weighted by Crippen LogP contribution is -2.61. The van der Waals surface area contributed by atoms with Crippen molar-refractivity contribution < 1.29 is 0 Å². The van der Waals surface area contributed by atoms with Crippen molar-refractivity contribution in [2.75, 3.05) is 39.8 Å². The summed E-state index contributed by atoms with van der Waals surface area (Å²) in [6.07, 6.45) is 11.5. The SMILES string of the molecule is CN1CCN(C2(CN)CCC3(CCCC3)CC2)CC1. The fourth-order valence-corrected chi connectivity index (χ4v) is 4.80. The Morgan fingerprint density at radius 1 is 0.842 bits per heavy atom. The van der Waals surface area contributed by atoms with Crippen molar-refractivity contribution in [1.82, 2.24) is 9.80 Å². The zero-order chi connectivity index (χ0) is 13.3. The molecule has 19 heavy (non-hydrogen) atoms. The topological polar surface area (TPSA) is 32.5 Å². The molecule has 2 saturated carbocycles. The van der Waals surface area contributed by atoms with Crippen LogP contribution in [0, 0.1) is 5.41 Å². The van der Waals surface area contributed by atoms with Crippen LogP contribution in [0.15, 0.2) is 0 Å². The lowest BCUT2D eigenvalue weighted by Gasteiger charge is -2.52. The maximum absolute atomic E-state index is 6.24. The zero-order valence-electron chi connectivity index (χ0n) is 12.7. The van der Waals surface area contributed by atoms with E-state index in [1.165, 1.54) is 77.5 Å². The van der Waals surface area contributed by atoms with Crippen molar-refractivity contribution in [1.29, 1.82) is 0 Å². The highest BCUT2D eigenvalue weighted by molar-refractivity contribution is 5.02. The van der Waals surface area contributed by atoms with Gasteiger partial charge < -0.3 is 10.6 Å². The molecule has 1 aliphatic heterocycles. The zero-order valence-corrected chi connectivity index (χ0v) is 12.7. The van der Waals surface area contributed by atoms with E-state index in [1.807, 2.05) is 0 Å². The van der Waals surface area contributed by atoms with Gasteiger partial charge in [0.05, 0.1) is 0 Å². The fourth-order valence-electron chi connectivity index (χ4n) is 4.80. The molecule has 0 aromatic heterocycles. The van der Waals surface area contributed by atoms with Crippen LogP contribution in [0.5, 0.6) is 0 Å². The number of hydrogen-bond donors (Lipinski definition) is 1. The third-order valence-corrected chi connectivity index (χ3v) is 6.46. The van der Waals surface area contributed by atoms with E-state index >= 15 is 0 Å². The number of likely N-dealkylation sites (N-methyl/N-ethyl adjacent to an activating group) is 1. The molecule has 3 fully saturated rings. The normalized spacial score (nSPS) is 31.9. The molecule has 3 aliphatic rings. The van der Waals surface area contributed by atoms with Crippen LogP contribution in [-0.4, -0.2) is 55.1 Å². The first kappa shape index (κ1) is 13.8. The van der Waals surface area contributed by atoms with Crippen molar-refractivity contribution in [3.05, 3.63) is 0 Å². The van der Waals surface area contributed by atoms with Gasteiger partial charge in [0.25, 0.3) is 0 Å². The molecule has 3 rings (SSSR count). The van der Waals surface area contributed by atoms with Gasteiger partial charge in [-0.2, -0.15) is 0 Å². The second-order valence-corrected chi connectivity index (χ2v) is 7.43. The van der Waals surface area contributed by atoms with Crippen molar-refractivity contribution in [2.24, 2.45) is 11.1 Å². The molecule has 1 saturated heterocycles. The van der Waals surface area contributed by atoms with Crippen LogP contribution in [0.1, 0.15) is 51.4 Å². The summed E-state index contributed by atoms with van der Waals surface area (Å²) in [7, 11) is 2.24. The third-order valence-electron chi connectivity index (χ3n) is 6.46. The second kappa shape index (κ2) is 5.34. The summed E-state index contributed by atoms with van der Waals surface area (Å²) in [6.45, 7) is 5.74. The van der Waals surface area contributed by atoms with Gasteiger partial charge >= 0.3 is 0 Å². The Hall–Kier alpha value is -0.120. The highest BCUT2D eigenvalue weighted by Gasteiger charge is 2.46. The Kier molecular flexibility index (Phi) is 3.89. The van der Waals surface area contributed by atoms with E-state index in [9.17, 15) is 0 Å². The second-order valence-electron chi connectivity index (χ2n) is 7.43. The predicted molar refractivity (Wildman–Crippen MR) is 80.2 cm³/mol. The van der Waals surface area contributed by atoms with Crippen LogP contribution < -0.4 is 5.73 Å². The van der Waals surface area contributed by atoms with Gasteiger partial charge in [-0.15, -0.1) is 0 Å². The van der Waals surface area contributed by atoms with Crippen LogP contribution in [-0.2, 0) is 0 Å². The fraction of sp³-hybridized carbons (Fsp3) is 1.00. The first-order valence-electron chi connectivity index (χ1n) is 8.32. The Bertz CT molecular complexity index is 291. The van der Waals surface area contributed by atoms with Gasteiger partial charge in [0.2, 0.25) is 0 Å². The summed E-state index contributed by atoms with van der Waals surface area (Å²) in [5.41, 5.74) is 7.31. The maximum atomic E-state index is 6.24. The summed E-state index contributed by atoms with van der Waals surface area (Å²) in [6, 6.07) is 0. The summed E-state index contributed by atoms with van der Waals surface area (Å²) in [4.78, 5) is 5.18. The average molecular weight is 265 g/mol. The highest BCUT2D eigenvalue weighted by atomic mass is 15.3. The number of rotatable bonds is 2. The first-order valence-corrected chi connectivity index (χ1v) is 8.32. The van der Waals surface area contributed by atoms with E-state index < -0.39 is 0 Å². The van der Waals surface area contributed by atoms with E-state index in [2.05, 4.69) is 16.8 Å². The molecule has 2 N–H and O–H groups in total. The predicted octanol–water partition coefficient (Wildman–Crippen LogP) is 2.07. The van der Waals surface area contributed by atoms with Crippen LogP contribution >= 0.6 is 0 Å². The van der Waals surface area contributed by atoms with Gasteiger partial charge in [0.1, 0.15) is 0 Å². The molecule has 0 radical (unpaired) electrons. The standard InChI is InChI=1S/C16H31N3/c1-18-10-12-19(13-11-18)16(14-17)8-6-15(7-9-16)4-2-3-5-15/h2-14,17H2,1H3. The third kappa shape index (κ3) is 2.57. The van der Waals surface area contributed by atoms with E-state index in [-0.39, 0.29) is 0 Å². The van der Waals surface area contributed by atoms with E-state index in [1.54, 1.807) is 0 Å². The van der Waals surface area contributed by atoms with E-state index in [0.717, 1.165) is 12.0 Å². The van der Waals surface area contributed by atoms with Gasteiger partial charge in [0.15, 0.2) is 0 Å². The summed E-state index contributed by atoms with van der Waals surface area (Å²) in [5, 5.41) is 0. The van der Waals surface area contributed by atoms with Gasteiger partial charge in [0, 0.05) is 38.3 Å². The summed E-state index contributed by atoms with van der Waals surface area (Å²) < 4.78 is 0. The molecular weight excluding hydrogens is 234 g/mol. The van der Waals surface area contributed by atoms with Gasteiger partial charge in [-0.05, 0) is 51.0 Å². The number of piperazine rings is 1. The molecule has 0 aromatic carbocycles. The van der Waals surface area contributed by atoms with Gasteiger partial charge in [-0.1, -0.05) is 12.8 Å². The average Bonchev–Trinajstić information content (AvgIpc) is 2.90. The minimum Gasteiger partial charge on any atom is -0.329 e. The molecule has 3 heteroatoms. The monoisotopic (exact) mass is 265 g/mol. The number of nitrogens with zero attached hydrogens (tertiary/aromatic N) is 2. The summed E-state index contributed by atoms with van der Waals surface area (Å²) in [5.74, 6) is 0. The Morgan fingerprint density at radius 2 is 1.42 bits per heavy atom. The van der Waals surface area contributed by atoms with Crippen LogP contribution in [0.25, 0.3) is 0 Å². The van der Waals surface area contributed by atoms with E-state index in [0.29, 0.717) is 5.54 Å². The Morgan fingerprint density at radius 3 is 1.95 bits per heavy atom. The summed E-state index contributed by atoms with van der Waals surface area (Å²) >= 11 is 0. The molecular formula is C16H31N3. The molecule has 110 valence electrons. The van der Waals surface area contributed by atoms with Crippen molar-refractivity contribution >= 4 is 0 Å². The minimum absolute atomic E-state index is 0.342. The lowest BCUT2D eigenvalue weighted by atomic mass is 9.65. The largest absolute Gasteiger partial charge is 0.329 e. The molecule has 0 amide bonds. The molecule has 0 unspecified atom stereocenters. The van der Waals surface area contributed by atoms with Crippen LogP contribution in [0.2, 0.25) is 0 Å². The maximum Gasteiger partial charge on any atom is 0.0333 e. The highest BCUT2D eigenvalue weighted by Crippen LogP contribution is 2.52. The van der Waals surface area contributed by atoms with Crippen LogP contribution in [0.4, 0.5) is 0 Å². The van der Waals surface area contributed by atoms with Crippen molar-refractivity contribution in [2.45, 2.75) is 56.9 Å². The number of nitrogens with two attached hydrogens (primary N) is 1. The Balaban J connectivity index is 1.64. The quantitative estimate of drug-likeness (QED) is 0.829. The van der Waals surface area contributed by atoms with Gasteiger partial charge in [-0.25, -0.2) is 0 Å². The molecule has 3 nitrogen and oxygen atoms in total. The molecule has 2 aliphatic carbocycles. The van der Waals surface area contributed by atoms with Crippen LogP contribution in [0.3, 0.4) is 0 Å². The van der Waals surface area contributed by atoms with Crippen molar-refractivity contribution in [3.8, 4) is 0 Å². The molecule has 0 atom stereocenters. The molecule has 0 aromatic rings. The Labute approximate surface area is 118 Å². The number of hydrogen-bond acceptors (Lipinski definition) is 3. The molecule has 1 heterocycles. The lowest BCUT2D eigenvalue weighted by molar-refractivity contribution is -0.0106. The van der Waals surface area contributed by atoms with Gasteiger partial charge in [-0.3, -0.25) is 4.90 Å². The van der Waals surface area contributed by atoms with Crippen molar-refractivity contribution in [3.63, 3.8) is 0 Å². The van der Waals surface area contributed by atoms with E-state index in [4.69, 9.17) is 5.73 Å².